The van der Waals surface area contributed by atoms with Crippen LogP contribution < -0.4 is 10.5 Å². The molecule has 1 aromatic rings. The van der Waals surface area contributed by atoms with Gasteiger partial charge in [0.2, 0.25) is 0 Å². The molecule has 3 N–H and O–H groups in total. The molecule has 0 aliphatic carbocycles. The number of nitrogens with two attached hydrogens (primary N) is 1. The maximum Gasteiger partial charge on any atom is 0.339 e. The third-order valence-electron chi connectivity index (χ3n) is 2.75. The van der Waals surface area contributed by atoms with Crippen LogP contribution in [0, 0.1) is 0 Å². The second-order valence-corrected chi connectivity index (χ2v) is 4.62. The van der Waals surface area contributed by atoms with Crippen molar-refractivity contribution in [2.75, 3.05) is 19.5 Å². The van der Waals surface area contributed by atoms with Gasteiger partial charge in [0.1, 0.15) is 11.3 Å². The molecule has 0 unspecified atom stereocenters. The lowest BCUT2D eigenvalue weighted by atomic mass is 10.1. The highest BCUT2D eigenvalue weighted by Gasteiger charge is 2.17. The Labute approximate surface area is 107 Å². The molecule has 1 rings (SSSR count). The fourth-order valence-corrected chi connectivity index (χ4v) is 1.34. The monoisotopic (exact) mass is 253 g/mol. The standard InChI is InChI=1S/C13H19NO4/c1-13(2,17-3)6-7-18-11-8-9(14)4-5-10(11)12(15)16/h4-5,8H,6-7,14H2,1-3H3,(H,15,16). The summed E-state index contributed by atoms with van der Waals surface area (Å²) in [5.41, 5.74) is 5.90. The Balaban J connectivity index is 2.72. The van der Waals surface area contributed by atoms with Gasteiger partial charge in [-0.25, -0.2) is 4.79 Å². The molecular weight excluding hydrogens is 234 g/mol. The van der Waals surface area contributed by atoms with Gasteiger partial charge in [-0.2, -0.15) is 0 Å². The summed E-state index contributed by atoms with van der Waals surface area (Å²) in [5, 5.41) is 9.02. The minimum absolute atomic E-state index is 0.111. The number of aromatic carboxylic acids is 1. The molecule has 0 saturated carbocycles. The molecule has 0 aliphatic heterocycles. The summed E-state index contributed by atoms with van der Waals surface area (Å²) >= 11 is 0. The Morgan fingerprint density at radius 1 is 1.44 bits per heavy atom. The Kier molecular flexibility index (Phi) is 4.55. The van der Waals surface area contributed by atoms with Gasteiger partial charge in [0, 0.05) is 25.3 Å². The number of nitrogen functional groups attached to an aromatic ring is 1. The highest BCUT2D eigenvalue weighted by Crippen LogP contribution is 2.23. The quantitative estimate of drug-likeness (QED) is 0.759. The molecule has 0 amide bonds. The van der Waals surface area contributed by atoms with E-state index in [0.29, 0.717) is 18.7 Å². The van der Waals surface area contributed by atoms with Gasteiger partial charge in [-0.3, -0.25) is 0 Å². The zero-order valence-electron chi connectivity index (χ0n) is 10.9. The van der Waals surface area contributed by atoms with E-state index in [0.717, 1.165) is 0 Å². The fourth-order valence-electron chi connectivity index (χ4n) is 1.34. The van der Waals surface area contributed by atoms with Crippen molar-refractivity contribution in [2.24, 2.45) is 0 Å². The van der Waals surface area contributed by atoms with Crippen LogP contribution in [0.1, 0.15) is 30.6 Å². The van der Waals surface area contributed by atoms with Crippen LogP contribution in [0.25, 0.3) is 0 Å². The average molecular weight is 253 g/mol. The van der Waals surface area contributed by atoms with Gasteiger partial charge in [0.15, 0.2) is 0 Å². The van der Waals surface area contributed by atoms with Crippen LogP contribution in [0.2, 0.25) is 0 Å². The van der Waals surface area contributed by atoms with Crippen LogP contribution in [0.3, 0.4) is 0 Å². The van der Waals surface area contributed by atoms with Crippen LogP contribution >= 0.6 is 0 Å². The van der Waals surface area contributed by atoms with E-state index in [2.05, 4.69) is 0 Å². The number of rotatable bonds is 6. The van der Waals surface area contributed by atoms with Crippen LogP contribution in [0.5, 0.6) is 5.75 Å². The normalized spacial score (nSPS) is 11.3. The first-order chi connectivity index (χ1) is 8.35. The Hall–Kier alpha value is -1.75. The van der Waals surface area contributed by atoms with Crippen molar-refractivity contribution < 1.29 is 19.4 Å². The lowest BCUT2D eigenvalue weighted by molar-refractivity contribution is 0.00538. The number of carboxylic acids is 1. The molecule has 0 aromatic heterocycles. The highest BCUT2D eigenvalue weighted by atomic mass is 16.5. The maximum absolute atomic E-state index is 11.0. The molecule has 100 valence electrons. The van der Waals surface area contributed by atoms with Gasteiger partial charge in [-0.1, -0.05) is 0 Å². The molecular formula is C13H19NO4. The third kappa shape index (κ3) is 3.92. The highest BCUT2D eigenvalue weighted by molar-refractivity contribution is 5.91. The number of methoxy groups -OCH3 is 1. The van der Waals surface area contributed by atoms with Crippen molar-refractivity contribution >= 4 is 11.7 Å². The first kappa shape index (κ1) is 14.3. The molecule has 0 saturated heterocycles. The number of ether oxygens (including phenoxy) is 2. The molecule has 0 atom stereocenters. The third-order valence-corrected chi connectivity index (χ3v) is 2.75. The Bertz CT molecular complexity index is 429. The summed E-state index contributed by atoms with van der Waals surface area (Å²) in [5.74, 6) is -0.745. The van der Waals surface area contributed by atoms with E-state index < -0.39 is 5.97 Å². The number of carboxylic acid groups (broad SMARTS) is 1. The van der Waals surface area contributed by atoms with Gasteiger partial charge >= 0.3 is 5.97 Å². The predicted octanol–water partition coefficient (Wildman–Crippen LogP) is 2.16. The van der Waals surface area contributed by atoms with E-state index in [9.17, 15) is 4.79 Å². The summed E-state index contributed by atoms with van der Waals surface area (Å²) in [7, 11) is 1.63. The largest absolute Gasteiger partial charge is 0.492 e. The van der Waals surface area contributed by atoms with E-state index >= 15 is 0 Å². The second-order valence-electron chi connectivity index (χ2n) is 4.62. The number of carbonyl (C=O) groups is 1. The van der Waals surface area contributed by atoms with E-state index in [1.807, 2.05) is 13.8 Å². The maximum atomic E-state index is 11.0. The molecule has 5 heteroatoms. The number of anilines is 1. The smallest absolute Gasteiger partial charge is 0.339 e. The van der Waals surface area contributed by atoms with Gasteiger partial charge in [0.05, 0.1) is 12.2 Å². The fraction of sp³-hybridized carbons (Fsp3) is 0.462. The van der Waals surface area contributed by atoms with Gasteiger partial charge < -0.3 is 20.3 Å². The lowest BCUT2D eigenvalue weighted by Gasteiger charge is -2.22. The molecule has 5 nitrogen and oxygen atoms in total. The van der Waals surface area contributed by atoms with Gasteiger partial charge in [-0.05, 0) is 26.0 Å². The molecule has 0 bridgehead atoms. The Morgan fingerprint density at radius 2 is 2.11 bits per heavy atom. The van der Waals surface area contributed by atoms with E-state index in [1.165, 1.54) is 18.2 Å². The van der Waals surface area contributed by atoms with Crippen molar-refractivity contribution in [1.29, 1.82) is 0 Å². The van der Waals surface area contributed by atoms with Crippen molar-refractivity contribution in [3.63, 3.8) is 0 Å². The zero-order valence-corrected chi connectivity index (χ0v) is 10.9. The molecule has 0 spiro atoms. The summed E-state index contributed by atoms with van der Waals surface area (Å²) in [6.07, 6.45) is 0.650. The summed E-state index contributed by atoms with van der Waals surface area (Å²) < 4.78 is 10.7. The topological polar surface area (TPSA) is 81.8 Å². The summed E-state index contributed by atoms with van der Waals surface area (Å²) in [4.78, 5) is 11.0. The Morgan fingerprint density at radius 3 is 2.67 bits per heavy atom. The zero-order chi connectivity index (χ0) is 13.8. The van der Waals surface area contributed by atoms with E-state index in [1.54, 1.807) is 7.11 Å². The van der Waals surface area contributed by atoms with Crippen molar-refractivity contribution in [3.05, 3.63) is 23.8 Å². The molecule has 1 aromatic carbocycles. The molecule has 0 aliphatic rings. The van der Waals surface area contributed by atoms with Crippen LogP contribution in [0.4, 0.5) is 5.69 Å². The first-order valence-corrected chi connectivity index (χ1v) is 5.66. The van der Waals surface area contributed by atoms with Crippen molar-refractivity contribution in [1.82, 2.24) is 0 Å². The number of benzene rings is 1. The first-order valence-electron chi connectivity index (χ1n) is 5.66. The molecule has 0 heterocycles. The van der Waals surface area contributed by atoms with Gasteiger partial charge in [-0.15, -0.1) is 0 Å². The molecule has 0 radical (unpaired) electrons. The predicted molar refractivity (Wildman–Crippen MR) is 69.0 cm³/mol. The molecule has 0 fully saturated rings. The number of hydrogen-bond acceptors (Lipinski definition) is 4. The average Bonchev–Trinajstić information content (AvgIpc) is 2.28. The summed E-state index contributed by atoms with van der Waals surface area (Å²) in [6.45, 7) is 4.24. The lowest BCUT2D eigenvalue weighted by Crippen LogP contribution is -2.25. The van der Waals surface area contributed by atoms with Crippen LogP contribution in [0.15, 0.2) is 18.2 Å². The van der Waals surface area contributed by atoms with Gasteiger partial charge in [0.25, 0.3) is 0 Å². The number of hydrogen-bond donors (Lipinski definition) is 2. The van der Waals surface area contributed by atoms with E-state index in [4.69, 9.17) is 20.3 Å². The van der Waals surface area contributed by atoms with Crippen molar-refractivity contribution in [2.45, 2.75) is 25.9 Å². The SMILES string of the molecule is COC(C)(C)CCOc1cc(N)ccc1C(=O)O. The minimum atomic E-state index is -1.03. The second kappa shape index (κ2) is 5.73. The van der Waals surface area contributed by atoms with Crippen molar-refractivity contribution in [3.8, 4) is 5.75 Å². The van der Waals surface area contributed by atoms with Crippen LogP contribution in [-0.4, -0.2) is 30.4 Å². The van der Waals surface area contributed by atoms with E-state index in [-0.39, 0.29) is 16.9 Å². The molecule has 18 heavy (non-hydrogen) atoms. The minimum Gasteiger partial charge on any atom is -0.492 e. The summed E-state index contributed by atoms with van der Waals surface area (Å²) in [6, 6.07) is 4.49. The van der Waals surface area contributed by atoms with Crippen LogP contribution in [-0.2, 0) is 4.74 Å².